The molecule has 2 rings (SSSR count). The molecule has 1 fully saturated rings. The molecule has 1 aliphatic rings. The molecule has 1 amide bonds. The Kier molecular flexibility index (Phi) is 5.66. The van der Waals surface area contributed by atoms with E-state index in [9.17, 15) is 24.4 Å². The molecular weight excluding hydrogens is 315 g/mol. The molecule has 1 aromatic carbocycles. The fourth-order valence-corrected chi connectivity index (χ4v) is 2.91. The third kappa shape index (κ3) is 3.97. The van der Waals surface area contributed by atoms with Crippen LogP contribution in [-0.4, -0.2) is 40.5 Å². The number of benzene rings is 1. The maximum Gasteiger partial charge on any atom is 0.279 e. The number of hydrogen-bond acceptors (Lipinski definition) is 4. The van der Waals surface area contributed by atoms with Crippen molar-refractivity contribution >= 4 is 17.7 Å². The third-order valence-electron chi connectivity index (χ3n) is 4.82. The van der Waals surface area contributed by atoms with Gasteiger partial charge in [0, 0.05) is 25.8 Å². The van der Waals surface area contributed by atoms with E-state index in [1.165, 1.54) is 18.2 Å². The summed E-state index contributed by atoms with van der Waals surface area (Å²) in [5.41, 5.74) is -0.302. The normalized spacial score (nSPS) is 17.2. The fourth-order valence-electron chi connectivity index (χ4n) is 2.91. The minimum absolute atomic E-state index is 0.114. The highest BCUT2D eigenvalue weighted by atomic mass is 19.1. The lowest BCUT2D eigenvalue weighted by atomic mass is 9.77. The predicted octanol–water partition coefficient (Wildman–Crippen LogP) is 2.76. The monoisotopic (exact) mass is 336 g/mol. The third-order valence-corrected chi connectivity index (χ3v) is 4.82. The summed E-state index contributed by atoms with van der Waals surface area (Å²) in [7, 11) is 0. The van der Waals surface area contributed by atoms with Gasteiger partial charge in [-0.15, -0.1) is 0 Å². The van der Waals surface area contributed by atoms with Crippen molar-refractivity contribution in [3.63, 3.8) is 0 Å². The number of carbonyl (C=O) groups is 1. The number of aliphatic hydroxyl groups excluding tert-OH is 1. The molecule has 0 aliphatic carbocycles. The second-order valence-electron chi connectivity index (χ2n) is 6.13. The minimum Gasteiger partial charge on any atom is -0.396 e. The predicted molar refractivity (Wildman–Crippen MR) is 87.7 cm³/mol. The molecule has 1 saturated heterocycles. The number of likely N-dealkylation sites (tertiary alicyclic amines) is 1. The molecular formula is C17H21FN2O4. The van der Waals surface area contributed by atoms with Crippen molar-refractivity contribution in [2.24, 2.45) is 5.41 Å². The largest absolute Gasteiger partial charge is 0.396 e. The fraction of sp³-hybridized carbons (Fsp3) is 0.471. The Hall–Kier alpha value is -2.28. The van der Waals surface area contributed by atoms with Gasteiger partial charge in [0.25, 0.3) is 5.69 Å². The van der Waals surface area contributed by atoms with E-state index in [2.05, 4.69) is 0 Å². The summed E-state index contributed by atoms with van der Waals surface area (Å²) in [6.45, 7) is 3.23. The molecule has 0 unspecified atom stereocenters. The Balaban J connectivity index is 2.06. The Bertz CT molecular complexity index is 646. The van der Waals surface area contributed by atoms with Gasteiger partial charge in [0.2, 0.25) is 5.91 Å². The number of nitrogens with zero attached hydrogens (tertiary/aromatic N) is 2. The van der Waals surface area contributed by atoms with Crippen LogP contribution in [0.15, 0.2) is 24.3 Å². The Morgan fingerprint density at radius 3 is 2.67 bits per heavy atom. The standard InChI is InChI=1S/C17H21FN2O4/c1-2-17(12-21)7-9-19(10-8-17)16(22)6-4-13-3-5-14(18)11-15(13)20(23)24/h3-6,11,21H,2,7-10,12H2,1H3/b6-4+. The number of halogens is 1. The van der Waals surface area contributed by atoms with Crippen molar-refractivity contribution in [1.82, 2.24) is 4.90 Å². The number of aliphatic hydroxyl groups is 1. The number of carbonyl (C=O) groups excluding carboxylic acids is 1. The van der Waals surface area contributed by atoms with Gasteiger partial charge in [-0.05, 0) is 42.9 Å². The first-order valence-corrected chi connectivity index (χ1v) is 7.92. The van der Waals surface area contributed by atoms with Gasteiger partial charge in [0.05, 0.1) is 16.6 Å². The van der Waals surface area contributed by atoms with Crippen LogP contribution in [0.1, 0.15) is 31.7 Å². The highest BCUT2D eigenvalue weighted by molar-refractivity contribution is 5.92. The smallest absolute Gasteiger partial charge is 0.279 e. The summed E-state index contributed by atoms with van der Waals surface area (Å²) in [6.07, 6.45) is 4.95. The molecule has 1 N–H and O–H groups in total. The maximum absolute atomic E-state index is 13.1. The summed E-state index contributed by atoms with van der Waals surface area (Å²) < 4.78 is 13.1. The summed E-state index contributed by atoms with van der Waals surface area (Å²) in [5, 5.41) is 20.5. The molecule has 0 radical (unpaired) electrons. The van der Waals surface area contributed by atoms with Gasteiger partial charge in [-0.25, -0.2) is 4.39 Å². The molecule has 1 aromatic rings. The molecule has 0 bridgehead atoms. The van der Waals surface area contributed by atoms with E-state index >= 15 is 0 Å². The van der Waals surface area contributed by atoms with Gasteiger partial charge in [-0.2, -0.15) is 0 Å². The molecule has 0 saturated carbocycles. The SMILES string of the molecule is CCC1(CO)CCN(C(=O)/C=C/c2ccc(F)cc2[N+](=O)[O-])CC1. The van der Waals surface area contributed by atoms with Gasteiger partial charge in [-0.3, -0.25) is 14.9 Å². The van der Waals surface area contributed by atoms with Gasteiger partial charge >= 0.3 is 0 Å². The molecule has 0 spiro atoms. The number of nitro benzene ring substituents is 1. The van der Waals surface area contributed by atoms with E-state index in [0.29, 0.717) is 13.1 Å². The van der Waals surface area contributed by atoms with Gasteiger partial charge in [0.15, 0.2) is 0 Å². The van der Waals surface area contributed by atoms with E-state index in [-0.39, 0.29) is 29.2 Å². The van der Waals surface area contributed by atoms with Crippen LogP contribution in [-0.2, 0) is 4.79 Å². The van der Waals surface area contributed by atoms with E-state index in [1.54, 1.807) is 4.90 Å². The first kappa shape index (κ1) is 18.1. The second kappa shape index (κ2) is 7.53. The van der Waals surface area contributed by atoms with Crippen molar-refractivity contribution in [3.05, 3.63) is 45.8 Å². The lowest BCUT2D eigenvalue weighted by molar-refractivity contribution is -0.385. The van der Waals surface area contributed by atoms with Gasteiger partial charge in [0.1, 0.15) is 5.82 Å². The van der Waals surface area contributed by atoms with E-state index in [1.807, 2.05) is 6.92 Å². The molecule has 0 atom stereocenters. The zero-order chi connectivity index (χ0) is 17.7. The maximum atomic E-state index is 13.1. The van der Waals surface area contributed by atoms with Crippen LogP contribution in [0, 0.1) is 21.3 Å². The number of piperidine rings is 1. The van der Waals surface area contributed by atoms with Gasteiger partial charge < -0.3 is 10.0 Å². The lowest BCUT2D eigenvalue weighted by Gasteiger charge is -2.39. The van der Waals surface area contributed by atoms with Crippen molar-refractivity contribution in [3.8, 4) is 0 Å². The molecule has 24 heavy (non-hydrogen) atoms. The Morgan fingerprint density at radius 2 is 2.12 bits per heavy atom. The van der Waals surface area contributed by atoms with Crippen LogP contribution in [0.2, 0.25) is 0 Å². The quantitative estimate of drug-likeness (QED) is 0.509. The first-order valence-electron chi connectivity index (χ1n) is 7.92. The van der Waals surface area contributed by atoms with Crippen molar-refractivity contribution < 1.29 is 19.2 Å². The number of rotatable bonds is 5. The molecule has 7 heteroatoms. The molecule has 0 aromatic heterocycles. The van der Waals surface area contributed by atoms with Crippen molar-refractivity contribution in [1.29, 1.82) is 0 Å². The highest BCUT2D eigenvalue weighted by Crippen LogP contribution is 2.34. The average molecular weight is 336 g/mol. The molecule has 130 valence electrons. The number of hydrogen-bond donors (Lipinski definition) is 1. The molecule has 6 nitrogen and oxygen atoms in total. The summed E-state index contributed by atoms with van der Waals surface area (Å²) >= 11 is 0. The van der Waals surface area contributed by atoms with Crippen LogP contribution in [0.4, 0.5) is 10.1 Å². The summed E-state index contributed by atoms with van der Waals surface area (Å²) in [5.74, 6) is -0.933. The van der Waals surface area contributed by atoms with Crippen LogP contribution in [0.25, 0.3) is 6.08 Å². The first-order chi connectivity index (χ1) is 11.4. The van der Waals surface area contributed by atoms with Crippen molar-refractivity contribution in [2.45, 2.75) is 26.2 Å². The lowest BCUT2D eigenvalue weighted by Crippen LogP contribution is -2.43. The van der Waals surface area contributed by atoms with E-state index in [4.69, 9.17) is 0 Å². The molecule has 1 aliphatic heterocycles. The topological polar surface area (TPSA) is 83.7 Å². The number of nitro groups is 1. The van der Waals surface area contributed by atoms with Crippen LogP contribution in [0.3, 0.4) is 0 Å². The zero-order valence-corrected chi connectivity index (χ0v) is 13.6. The average Bonchev–Trinajstić information content (AvgIpc) is 2.60. The zero-order valence-electron chi connectivity index (χ0n) is 13.6. The van der Waals surface area contributed by atoms with E-state index < -0.39 is 10.7 Å². The Labute approximate surface area is 139 Å². The van der Waals surface area contributed by atoms with Gasteiger partial charge in [-0.1, -0.05) is 6.92 Å². The van der Waals surface area contributed by atoms with Crippen LogP contribution < -0.4 is 0 Å². The summed E-state index contributed by atoms with van der Waals surface area (Å²) in [6, 6.07) is 3.23. The van der Waals surface area contributed by atoms with Crippen LogP contribution >= 0.6 is 0 Å². The number of amides is 1. The molecule has 1 heterocycles. The van der Waals surface area contributed by atoms with E-state index in [0.717, 1.165) is 31.4 Å². The minimum atomic E-state index is -0.693. The Morgan fingerprint density at radius 1 is 1.46 bits per heavy atom. The van der Waals surface area contributed by atoms with Crippen molar-refractivity contribution in [2.75, 3.05) is 19.7 Å². The highest BCUT2D eigenvalue weighted by Gasteiger charge is 2.33. The summed E-state index contributed by atoms with van der Waals surface area (Å²) in [4.78, 5) is 24.2. The van der Waals surface area contributed by atoms with Crippen LogP contribution in [0.5, 0.6) is 0 Å². The second-order valence-corrected chi connectivity index (χ2v) is 6.13.